The third-order valence-corrected chi connectivity index (χ3v) is 4.13. The topological polar surface area (TPSA) is 49.3 Å². The van der Waals surface area contributed by atoms with Crippen LogP contribution in [-0.2, 0) is 4.79 Å². The maximum absolute atomic E-state index is 11.2. The summed E-state index contributed by atoms with van der Waals surface area (Å²) in [6.45, 7) is 0.767. The van der Waals surface area contributed by atoms with E-state index in [0.717, 1.165) is 37.9 Å². The normalized spacial score (nSPS) is 18.5. The number of rotatable bonds is 5. The minimum absolute atomic E-state index is 0.0713. The first kappa shape index (κ1) is 13.9. The maximum Gasteiger partial charge on any atom is 0.303 e. The molecule has 0 amide bonds. The van der Waals surface area contributed by atoms with Crippen molar-refractivity contribution in [3.05, 3.63) is 30.3 Å². The molecule has 0 heterocycles. The van der Waals surface area contributed by atoms with Gasteiger partial charge in [-0.15, -0.1) is 0 Å². The van der Waals surface area contributed by atoms with Crippen LogP contribution in [0.2, 0.25) is 0 Å². The minimum Gasteiger partial charge on any atom is -0.481 e. The van der Waals surface area contributed by atoms with Gasteiger partial charge in [-0.25, -0.2) is 0 Å². The monoisotopic (exact) mass is 261 g/mol. The van der Waals surface area contributed by atoms with Crippen LogP contribution >= 0.6 is 0 Å². The summed E-state index contributed by atoms with van der Waals surface area (Å²) in [7, 11) is 0. The number of anilines is 1. The molecule has 1 fully saturated rings. The highest BCUT2D eigenvalue weighted by Crippen LogP contribution is 2.38. The van der Waals surface area contributed by atoms with Crippen LogP contribution < -0.4 is 5.32 Å². The van der Waals surface area contributed by atoms with Gasteiger partial charge in [-0.1, -0.05) is 43.9 Å². The Morgan fingerprint density at radius 3 is 2.32 bits per heavy atom. The van der Waals surface area contributed by atoms with E-state index in [1.807, 2.05) is 30.3 Å². The fourth-order valence-corrected chi connectivity index (χ4v) is 3.06. The Morgan fingerprint density at radius 1 is 1.11 bits per heavy atom. The summed E-state index contributed by atoms with van der Waals surface area (Å²) in [6.07, 6.45) is 7.14. The molecule has 0 bridgehead atoms. The average molecular weight is 261 g/mol. The molecular weight excluding hydrogens is 238 g/mol. The molecule has 0 atom stereocenters. The van der Waals surface area contributed by atoms with Crippen molar-refractivity contribution in [2.45, 2.75) is 44.9 Å². The predicted molar refractivity (Wildman–Crippen MR) is 77.3 cm³/mol. The molecule has 0 aromatic heterocycles. The van der Waals surface area contributed by atoms with Crippen molar-refractivity contribution in [3.63, 3.8) is 0 Å². The molecule has 3 nitrogen and oxygen atoms in total. The van der Waals surface area contributed by atoms with E-state index in [9.17, 15) is 9.90 Å². The van der Waals surface area contributed by atoms with Gasteiger partial charge >= 0.3 is 5.97 Å². The lowest BCUT2D eigenvalue weighted by Crippen LogP contribution is -2.32. The largest absolute Gasteiger partial charge is 0.481 e. The van der Waals surface area contributed by atoms with Gasteiger partial charge in [0.25, 0.3) is 0 Å². The van der Waals surface area contributed by atoms with Crippen LogP contribution in [0.1, 0.15) is 44.9 Å². The van der Waals surface area contributed by atoms with Crippen molar-refractivity contribution >= 4 is 11.7 Å². The summed E-state index contributed by atoms with van der Waals surface area (Å²) in [5, 5.41) is 12.6. The van der Waals surface area contributed by atoms with Crippen LogP contribution in [0.3, 0.4) is 0 Å². The van der Waals surface area contributed by atoms with Gasteiger partial charge < -0.3 is 10.4 Å². The lowest BCUT2D eigenvalue weighted by molar-refractivity contribution is -0.139. The quantitative estimate of drug-likeness (QED) is 0.790. The summed E-state index contributed by atoms with van der Waals surface area (Å²) >= 11 is 0. The second-order valence-electron chi connectivity index (χ2n) is 5.70. The highest BCUT2D eigenvalue weighted by atomic mass is 16.4. The molecule has 1 aromatic carbocycles. The van der Waals surface area contributed by atoms with Crippen LogP contribution in [0, 0.1) is 5.41 Å². The summed E-state index contributed by atoms with van der Waals surface area (Å²) in [6, 6.07) is 10.1. The second kappa shape index (κ2) is 6.60. The summed E-state index contributed by atoms with van der Waals surface area (Å²) in [4.78, 5) is 11.2. The van der Waals surface area contributed by atoms with E-state index < -0.39 is 5.97 Å². The van der Waals surface area contributed by atoms with Gasteiger partial charge in [-0.05, 0) is 30.4 Å². The maximum atomic E-state index is 11.2. The molecule has 104 valence electrons. The number of aliphatic carboxylic acids is 1. The molecule has 0 aliphatic heterocycles. The Labute approximate surface area is 115 Å². The van der Waals surface area contributed by atoms with E-state index in [4.69, 9.17) is 0 Å². The van der Waals surface area contributed by atoms with Crippen LogP contribution in [0.15, 0.2) is 30.3 Å². The molecule has 0 spiro atoms. The SMILES string of the molecule is O=C(O)CC1(CNc2ccccc2)CCCCCC1. The smallest absolute Gasteiger partial charge is 0.303 e. The van der Waals surface area contributed by atoms with Crippen molar-refractivity contribution < 1.29 is 9.90 Å². The fraction of sp³-hybridized carbons (Fsp3) is 0.562. The van der Waals surface area contributed by atoms with Gasteiger partial charge in [-0.2, -0.15) is 0 Å². The van der Waals surface area contributed by atoms with Crippen molar-refractivity contribution in [1.29, 1.82) is 0 Å². The summed E-state index contributed by atoms with van der Waals surface area (Å²) < 4.78 is 0. The molecule has 3 heteroatoms. The van der Waals surface area contributed by atoms with Gasteiger partial charge in [0.2, 0.25) is 0 Å². The van der Waals surface area contributed by atoms with Crippen molar-refractivity contribution in [1.82, 2.24) is 0 Å². The Morgan fingerprint density at radius 2 is 1.74 bits per heavy atom. The zero-order chi connectivity index (χ0) is 13.6. The zero-order valence-electron chi connectivity index (χ0n) is 11.4. The summed E-state index contributed by atoms with van der Waals surface area (Å²) in [5.74, 6) is -0.670. The highest BCUT2D eigenvalue weighted by molar-refractivity contribution is 5.68. The molecule has 0 saturated heterocycles. The van der Waals surface area contributed by atoms with Gasteiger partial charge in [0.15, 0.2) is 0 Å². The van der Waals surface area contributed by atoms with Crippen LogP contribution in [0.4, 0.5) is 5.69 Å². The molecule has 2 rings (SSSR count). The van der Waals surface area contributed by atoms with E-state index >= 15 is 0 Å². The van der Waals surface area contributed by atoms with Crippen LogP contribution in [0.25, 0.3) is 0 Å². The predicted octanol–water partition coefficient (Wildman–Crippen LogP) is 3.91. The number of carboxylic acid groups (broad SMARTS) is 1. The molecule has 1 aliphatic rings. The van der Waals surface area contributed by atoms with Crippen LogP contribution in [-0.4, -0.2) is 17.6 Å². The number of para-hydroxylation sites is 1. The first-order valence-corrected chi connectivity index (χ1v) is 7.21. The van der Waals surface area contributed by atoms with Gasteiger partial charge in [0.05, 0.1) is 6.42 Å². The molecule has 0 radical (unpaired) electrons. The zero-order valence-corrected chi connectivity index (χ0v) is 11.4. The van der Waals surface area contributed by atoms with Crippen molar-refractivity contribution in [3.8, 4) is 0 Å². The Kier molecular flexibility index (Phi) is 4.83. The number of nitrogens with one attached hydrogen (secondary N) is 1. The number of carboxylic acids is 1. The first-order valence-electron chi connectivity index (χ1n) is 7.21. The lowest BCUT2D eigenvalue weighted by atomic mass is 9.77. The molecular formula is C16H23NO2. The van der Waals surface area contributed by atoms with Crippen LogP contribution in [0.5, 0.6) is 0 Å². The van der Waals surface area contributed by atoms with E-state index in [0.29, 0.717) is 0 Å². The van der Waals surface area contributed by atoms with Gasteiger partial charge in [-0.3, -0.25) is 4.79 Å². The molecule has 2 N–H and O–H groups in total. The van der Waals surface area contributed by atoms with E-state index in [1.165, 1.54) is 12.8 Å². The lowest BCUT2D eigenvalue weighted by Gasteiger charge is -2.32. The minimum atomic E-state index is -0.670. The number of benzene rings is 1. The van der Waals surface area contributed by atoms with Crippen molar-refractivity contribution in [2.24, 2.45) is 5.41 Å². The highest BCUT2D eigenvalue weighted by Gasteiger charge is 2.33. The number of hydrogen-bond acceptors (Lipinski definition) is 2. The molecule has 19 heavy (non-hydrogen) atoms. The van der Waals surface area contributed by atoms with E-state index in [2.05, 4.69) is 5.32 Å². The van der Waals surface area contributed by atoms with Crippen molar-refractivity contribution in [2.75, 3.05) is 11.9 Å². The van der Waals surface area contributed by atoms with E-state index in [-0.39, 0.29) is 11.8 Å². The standard InChI is InChI=1S/C16H23NO2/c18-15(19)12-16(10-6-1-2-7-11-16)13-17-14-8-4-3-5-9-14/h3-5,8-9,17H,1-2,6-7,10-13H2,(H,18,19). The Hall–Kier alpha value is -1.51. The Balaban J connectivity index is 2.02. The van der Waals surface area contributed by atoms with Gasteiger partial charge in [0, 0.05) is 12.2 Å². The third kappa shape index (κ3) is 4.27. The first-order chi connectivity index (χ1) is 9.20. The summed E-state index contributed by atoms with van der Waals surface area (Å²) in [5.41, 5.74) is 1.01. The third-order valence-electron chi connectivity index (χ3n) is 4.13. The van der Waals surface area contributed by atoms with E-state index in [1.54, 1.807) is 0 Å². The molecule has 0 unspecified atom stereocenters. The van der Waals surface area contributed by atoms with Gasteiger partial charge in [0.1, 0.15) is 0 Å². The molecule has 1 aliphatic carbocycles. The average Bonchev–Trinajstić information content (AvgIpc) is 2.63. The second-order valence-corrected chi connectivity index (χ2v) is 5.70. The molecule has 1 aromatic rings. The number of hydrogen-bond donors (Lipinski definition) is 2. The number of carbonyl (C=O) groups is 1. The Bertz CT molecular complexity index is 394. The molecule has 1 saturated carbocycles. The fourth-order valence-electron chi connectivity index (χ4n) is 3.06.